The van der Waals surface area contributed by atoms with E-state index in [0.29, 0.717) is 29.2 Å². The predicted octanol–water partition coefficient (Wildman–Crippen LogP) is 4.14. The van der Waals surface area contributed by atoms with Gasteiger partial charge in [0.15, 0.2) is 18.1 Å². The Bertz CT molecular complexity index is 1020. The topological polar surface area (TPSA) is 98.2 Å². The number of carbonyl (C=O) groups excluding carboxylic acids is 2. The summed E-state index contributed by atoms with van der Waals surface area (Å²) in [4.78, 5) is 25.3. The van der Waals surface area contributed by atoms with Crippen molar-refractivity contribution in [3.8, 4) is 17.2 Å². The third kappa shape index (κ3) is 7.76. The van der Waals surface area contributed by atoms with E-state index in [0.717, 1.165) is 15.6 Å². The molecule has 184 valence electrons. The highest BCUT2D eigenvalue weighted by molar-refractivity contribution is 9.10. The molecule has 9 heteroatoms. The monoisotopic (exact) mass is 533 g/mol. The summed E-state index contributed by atoms with van der Waals surface area (Å²) in [6, 6.07) is 8.51. The zero-order valence-electron chi connectivity index (χ0n) is 20.4. The van der Waals surface area contributed by atoms with E-state index >= 15 is 0 Å². The molecule has 8 nitrogen and oxygen atoms in total. The Morgan fingerprint density at radius 1 is 1.09 bits per heavy atom. The smallest absolute Gasteiger partial charge is 0.262 e. The minimum Gasteiger partial charge on any atom is -0.493 e. The first-order valence-corrected chi connectivity index (χ1v) is 11.7. The molecule has 0 aliphatic rings. The maximum absolute atomic E-state index is 12.8. The van der Waals surface area contributed by atoms with Crippen LogP contribution < -0.4 is 25.0 Å². The standard InChI is InChI=1S/C25H32BrN3O5/c1-15(2)10-20(28-23(30)14-34-24-16(3)8-7-9-17(24)4)25(31)29-27-13-18-11-21(32-5)22(33-6)12-19(18)26/h7-9,11-13,15,20H,10,14H2,1-6H3,(H,28,30)(H,29,31)/b27-13-/t20-/m0/s1. The van der Waals surface area contributed by atoms with Gasteiger partial charge in [-0.15, -0.1) is 0 Å². The zero-order chi connectivity index (χ0) is 25.3. The molecular weight excluding hydrogens is 502 g/mol. The van der Waals surface area contributed by atoms with E-state index in [4.69, 9.17) is 14.2 Å². The molecule has 0 spiro atoms. The van der Waals surface area contributed by atoms with E-state index < -0.39 is 11.9 Å². The second-order valence-electron chi connectivity index (χ2n) is 8.22. The maximum atomic E-state index is 12.8. The number of hydrazone groups is 1. The van der Waals surface area contributed by atoms with Gasteiger partial charge in [0.2, 0.25) is 0 Å². The molecule has 0 bridgehead atoms. The van der Waals surface area contributed by atoms with Crippen LogP contribution in [0.4, 0.5) is 0 Å². The van der Waals surface area contributed by atoms with E-state index in [1.807, 2.05) is 45.9 Å². The molecule has 0 aliphatic heterocycles. The van der Waals surface area contributed by atoms with Crippen LogP contribution in [-0.2, 0) is 9.59 Å². The summed E-state index contributed by atoms with van der Waals surface area (Å²) in [6.07, 6.45) is 1.94. The number of ether oxygens (including phenoxy) is 3. The number of rotatable bonds is 11. The number of benzene rings is 2. The molecule has 1 atom stereocenters. The van der Waals surface area contributed by atoms with Crippen molar-refractivity contribution in [1.29, 1.82) is 0 Å². The normalized spacial score (nSPS) is 11.9. The van der Waals surface area contributed by atoms with Crippen LogP contribution in [0.15, 0.2) is 39.9 Å². The first-order chi connectivity index (χ1) is 16.2. The number of hydrogen-bond acceptors (Lipinski definition) is 6. The molecule has 2 N–H and O–H groups in total. The lowest BCUT2D eigenvalue weighted by molar-refractivity contribution is -0.130. The van der Waals surface area contributed by atoms with Crippen LogP contribution in [0.2, 0.25) is 0 Å². The maximum Gasteiger partial charge on any atom is 0.262 e. The Kier molecular flexibility index (Phi) is 10.4. The Balaban J connectivity index is 2.03. The van der Waals surface area contributed by atoms with Gasteiger partial charge in [0.05, 0.1) is 20.4 Å². The number of methoxy groups -OCH3 is 2. The summed E-state index contributed by atoms with van der Waals surface area (Å²) >= 11 is 3.45. The average Bonchev–Trinajstić information content (AvgIpc) is 2.78. The van der Waals surface area contributed by atoms with Crippen LogP contribution in [0.3, 0.4) is 0 Å². The summed E-state index contributed by atoms with van der Waals surface area (Å²) in [5, 5.41) is 6.81. The molecule has 0 aliphatic carbocycles. The van der Waals surface area contributed by atoms with Crippen molar-refractivity contribution in [2.24, 2.45) is 11.0 Å². The largest absolute Gasteiger partial charge is 0.493 e. The van der Waals surface area contributed by atoms with E-state index in [1.165, 1.54) is 13.3 Å². The molecule has 0 saturated heterocycles. The highest BCUT2D eigenvalue weighted by atomic mass is 79.9. The summed E-state index contributed by atoms with van der Waals surface area (Å²) in [6.45, 7) is 7.61. The van der Waals surface area contributed by atoms with E-state index in [2.05, 4.69) is 31.8 Å². The van der Waals surface area contributed by atoms with Crippen LogP contribution in [-0.4, -0.2) is 44.9 Å². The van der Waals surface area contributed by atoms with Gasteiger partial charge in [0, 0.05) is 10.0 Å². The molecular formula is C25H32BrN3O5. The first kappa shape index (κ1) is 27.2. The number of nitrogens with zero attached hydrogens (tertiary/aromatic N) is 1. The van der Waals surface area contributed by atoms with Crippen LogP contribution in [0.5, 0.6) is 17.2 Å². The summed E-state index contributed by atoms with van der Waals surface area (Å²) in [5.41, 5.74) is 5.08. The Morgan fingerprint density at radius 3 is 2.29 bits per heavy atom. The lowest BCUT2D eigenvalue weighted by Crippen LogP contribution is -2.47. The number of para-hydroxylation sites is 1. The SMILES string of the molecule is COc1cc(Br)c(/C=N\NC(=O)[C@H](CC(C)C)NC(=O)COc2c(C)cccc2C)cc1OC. The fraction of sp³-hybridized carbons (Fsp3) is 0.400. The molecule has 34 heavy (non-hydrogen) atoms. The first-order valence-electron chi connectivity index (χ1n) is 10.9. The summed E-state index contributed by atoms with van der Waals surface area (Å²) < 4.78 is 17.0. The number of carbonyl (C=O) groups is 2. The molecule has 2 aromatic carbocycles. The van der Waals surface area contributed by atoms with Gasteiger partial charge in [-0.05, 0) is 65.4 Å². The molecule has 0 saturated carbocycles. The van der Waals surface area contributed by atoms with Gasteiger partial charge in [-0.1, -0.05) is 32.0 Å². The van der Waals surface area contributed by atoms with Crippen molar-refractivity contribution in [2.45, 2.75) is 40.2 Å². The van der Waals surface area contributed by atoms with Crippen molar-refractivity contribution < 1.29 is 23.8 Å². The van der Waals surface area contributed by atoms with E-state index in [1.54, 1.807) is 19.2 Å². The highest BCUT2D eigenvalue weighted by Gasteiger charge is 2.22. The van der Waals surface area contributed by atoms with Crippen molar-refractivity contribution in [3.63, 3.8) is 0 Å². The van der Waals surface area contributed by atoms with Crippen LogP contribution in [0, 0.1) is 19.8 Å². The van der Waals surface area contributed by atoms with E-state index in [9.17, 15) is 9.59 Å². The molecule has 2 amide bonds. The highest BCUT2D eigenvalue weighted by Crippen LogP contribution is 2.32. The number of halogens is 1. The van der Waals surface area contributed by atoms with Crippen molar-refractivity contribution in [2.75, 3.05) is 20.8 Å². The average molecular weight is 534 g/mol. The van der Waals surface area contributed by atoms with Crippen LogP contribution in [0.1, 0.15) is 37.0 Å². The quantitative estimate of drug-likeness (QED) is 0.334. The minimum absolute atomic E-state index is 0.180. The van der Waals surface area contributed by atoms with Crippen molar-refractivity contribution in [3.05, 3.63) is 51.5 Å². The Hall–Kier alpha value is -3.07. The van der Waals surface area contributed by atoms with Gasteiger partial charge in [0.25, 0.3) is 11.8 Å². The number of aryl methyl sites for hydroxylation is 2. The van der Waals surface area contributed by atoms with Gasteiger partial charge >= 0.3 is 0 Å². The second-order valence-corrected chi connectivity index (χ2v) is 9.08. The number of nitrogens with one attached hydrogen (secondary N) is 2. The number of hydrogen-bond donors (Lipinski definition) is 2. The van der Waals surface area contributed by atoms with Gasteiger partial charge in [-0.3, -0.25) is 9.59 Å². The molecule has 0 radical (unpaired) electrons. The summed E-state index contributed by atoms with van der Waals surface area (Å²) in [7, 11) is 3.09. The van der Waals surface area contributed by atoms with Crippen molar-refractivity contribution in [1.82, 2.24) is 10.7 Å². The molecule has 0 aromatic heterocycles. The fourth-order valence-electron chi connectivity index (χ4n) is 3.32. The molecule has 0 unspecified atom stereocenters. The Labute approximate surface area is 209 Å². The summed E-state index contributed by atoms with van der Waals surface area (Å²) in [5.74, 6) is 1.16. The fourth-order valence-corrected chi connectivity index (χ4v) is 3.74. The third-order valence-electron chi connectivity index (χ3n) is 5.00. The van der Waals surface area contributed by atoms with Gasteiger partial charge < -0.3 is 19.5 Å². The molecule has 0 fully saturated rings. The van der Waals surface area contributed by atoms with Gasteiger partial charge in [-0.2, -0.15) is 5.10 Å². The van der Waals surface area contributed by atoms with Crippen molar-refractivity contribution >= 4 is 34.0 Å². The molecule has 2 aromatic rings. The zero-order valence-corrected chi connectivity index (χ0v) is 22.0. The van der Waals surface area contributed by atoms with Crippen LogP contribution >= 0.6 is 15.9 Å². The Morgan fingerprint density at radius 2 is 1.71 bits per heavy atom. The molecule has 0 heterocycles. The van der Waals surface area contributed by atoms with Gasteiger partial charge in [0.1, 0.15) is 11.8 Å². The third-order valence-corrected chi connectivity index (χ3v) is 5.68. The predicted molar refractivity (Wildman–Crippen MR) is 136 cm³/mol. The lowest BCUT2D eigenvalue weighted by Gasteiger charge is -2.19. The molecule has 2 rings (SSSR count). The van der Waals surface area contributed by atoms with Gasteiger partial charge in [-0.25, -0.2) is 5.43 Å². The second kappa shape index (κ2) is 13.0. The lowest BCUT2D eigenvalue weighted by atomic mass is 10.0. The van der Waals surface area contributed by atoms with E-state index in [-0.39, 0.29) is 18.4 Å². The minimum atomic E-state index is -0.750. The number of amides is 2. The van der Waals surface area contributed by atoms with Crippen LogP contribution in [0.25, 0.3) is 0 Å².